The van der Waals surface area contributed by atoms with Crippen LogP contribution in [0, 0.1) is 0 Å². The van der Waals surface area contributed by atoms with Crippen molar-refractivity contribution in [2.75, 3.05) is 5.32 Å². The lowest BCUT2D eigenvalue weighted by Crippen LogP contribution is -2.17. The fourth-order valence-electron chi connectivity index (χ4n) is 2.61. The van der Waals surface area contributed by atoms with E-state index < -0.39 is 17.6 Å². The Labute approximate surface area is 171 Å². The molecular formula is C21H20F3N3OS. The zero-order chi connectivity index (χ0) is 21.0. The Bertz CT molecular complexity index is 986. The van der Waals surface area contributed by atoms with Crippen LogP contribution in [0.3, 0.4) is 0 Å². The second-order valence-corrected chi connectivity index (χ2v) is 7.99. The van der Waals surface area contributed by atoms with E-state index in [1.165, 1.54) is 28.6 Å². The number of para-hydroxylation sites is 1. The molecule has 2 aromatic carbocycles. The third-order valence-electron chi connectivity index (χ3n) is 4.30. The van der Waals surface area contributed by atoms with Crippen LogP contribution in [0.4, 0.5) is 18.9 Å². The normalized spacial score (nSPS) is 12.6. The Morgan fingerprint density at radius 2 is 1.90 bits per heavy atom. The predicted octanol–water partition coefficient (Wildman–Crippen LogP) is 6.03. The summed E-state index contributed by atoms with van der Waals surface area (Å²) in [7, 11) is 0. The quantitative estimate of drug-likeness (QED) is 0.496. The predicted molar refractivity (Wildman–Crippen MR) is 109 cm³/mol. The second-order valence-electron chi connectivity index (χ2n) is 6.48. The van der Waals surface area contributed by atoms with Crippen molar-refractivity contribution >= 4 is 23.4 Å². The summed E-state index contributed by atoms with van der Waals surface area (Å²) in [4.78, 5) is 13.0. The van der Waals surface area contributed by atoms with Gasteiger partial charge < -0.3 is 5.32 Å². The molecule has 1 heterocycles. The maximum atomic E-state index is 13.5. The van der Waals surface area contributed by atoms with E-state index in [-0.39, 0.29) is 16.6 Å². The van der Waals surface area contributed by atoms with E-state index >= 15 is 0 Å². The Balaban J connectivity index is 1.83. The van der Waals surface area contributed by atoms with Crippen molar-refractivity contribution < 1.29 is 18.0 Å². The summed E-state index contributed by atoms with van der Waals surface area (Å²) >= 11 is 1.37. The van der Waals surface area contributed by atoms with Crippen molar-refractivity contribution in [1.82, 2.24) is 9.78 Å². The first kappa shape index (κ1) is 21.0. The molecule has 0 aliphatic rings. The number of nitrogens with one attached hydrogen (secondary N) is 1. The minimum absolute atomic E-state index is 0.0278. The minimum atomic E-state index is -4.59. The molecule has 0 saturated heterocycles. The van der Waals surface area contributed by atoms with Gasteiger partial charge in [0.2, 0.25) is 0 Å². The molecule has 152 valence electrons. The number of hydrogen-bond acceptors (Lipinski definition) is 3. The molecule has 1 aromatic heterocycles. The Morgan fingerprint density at radius 3 is 2.55 bits per heavy atom. The standard InChI is InChI=1S/C21H20F3N3OS/c1-3-14(2)29-16-9-10-18(17(13-16)21(22,23)24)25-20(28)19-11-12-27(26-19)15-7-5-4-6-8-15/h4-14H,3H2,1-2H3,(H,25,28). The number of nitrogens with zero attached hydrogens (tertiary/aromatic N) is 2. The molecule has 3 rings (SSSR count). The number of amides is 1. The number of hydrogen-bond donors (Lipinski definition) is 1. The van der Waals surface area contributed by atoms with Gasteiger partial charge in [0.25, 0.3) is 5.91 Å². The number of carbonyl (C=O) groups excluding carboxylic acids is 1. The highest BCUT2D eigenvalue weighted by molar-refractivity contribution is 7.99. The van der Waals surface area contributed by atoms with E-state index in [2.05, 4.69) is 10.4 Å². The van der Waals surface area contributed by atoms with E-state index in [9.17, 15) is 18.0 Å². The lowest BCUT2D eigenvalue weighted by molar-refractivity contribution is -0.137. The van der Waals surface area contributed by atoms with Crippen LogP contribution in [0.1, 0.15) is 36.3 Å². The van der Waals surface area contributed by atoms with Gasteiger partial charge in [-0.1, -0.05) is 32.0 Å². The highest BCUT2D eigenvalue weighted by atomic mass is 32.2. The number of carbonyl (C=O) groups is 1. The smallest absolute Gasteiger partial charge is 0.320 e. The molecule has 0 spiro atoms. The molecule has 8 heteroatoms. The van der Waals surface area contributed by atoms with Gasteiger partial charge in [-0.15, -0.1) is 11.8 Å². The van der Waals surface area contributed by atoms with Crippen LogP contribution < -0.4 is 5.32 Å². The Hall–Kier alpha value is -2.74. The van der Waals surface area contributed by atoms with Crippen LogP contribution in [-0.4, -0.2) is 20.9 Å². The zero-order valence-corrected chi connectivity index (χ0v) is 16.7. The second kappa shape index (κ2) is 8.73. The van der Waals surface area contributed by atoms with Crippen LogP contribution >= 0.6 is 11.8 Å². The fourth-order valence-corrected chi connectivity index (χ4v) is 3.58. The van der Waals surface area contributed by atoms with Crippen LogP contribution in [0.5, 0.6) is 0 Å². The molecule has 0 aliphatic heterocycles. The Morgan fingerprint density at radius 1 is 1.17 bits per heavy atom. The van der Waals surface area contributed by atoms with Crippen molar-refractivity contribution in [3.8, 4) is 5.69 Å². The molecule has 1 N–H and O–H groups in total. The van der Waals surface area contributed by atoms with Gasteiger partial charge >= 0.3 is 6.18 Å². The number of benzene rings is 2. The number of anilines is 1. The summed E-state index contributed by atoms with van der Waals surface area (Å²) in [6, 6.07) is 14.5. The molecule has 0 saturated carbocycles. The van der Waals surface area contributed by atoms with Crippen LogP contribution in [-0.2, 0) is 6.18 Å². The number of aromatic nitrogens is 2. The SMILES string of the molecule is CCC(C)Sc1ccc(NC(=O)c2ccn(-c3ccccc3)n2)c(C(F)(F)F)c1. The molecule has 0 aliphatic carbocycles. The first-order chi connectivity index (χ1) is 13.8. The lowest BCUT2D eigenvalue weighted by Gasteiger charge is -2.16. The van der Waals surface area contributed by atoms with Crippen LogP contribution in [0.25, 0.3) is 5.69 Å². The molecule has 1 atom stereocenters. The molecule has 3 aromatic rings. The van der Waals surface area contributed by atoms with Crippen molar-refractivity contribution in [3.63, 3.8) is 0 Å². The van der Waals surface area contributed by atoms with Gasteiger partial charge in [-0.05, 0) is 42.8 Å². The number of halogens is 3. The van der Waals surface area contributed by atoms with Gasteiger partial charge in [0, 0.05) is 16.3 Å². The van der Waals surface area contributed by atoms with E-state index in [0.29, 0.717) is 4.90 Å². The average Bonchev–Trinajstić information content (AvgIpc) is 3.19. The number of rotatable bonds is 6. The summed E-state index contributed by atoms with van der Waals surface area (Å²) in [5.41, 5.74) is -0.388. The summed E-state index contributed by atoms with van der Waals surface area (Å²) in [6.07, 6.45) is -2.16. The lowest BCUT2D eigenvalue weighted by atomic mass is 10.1. The van der Waals surface area contributed by atoms with Crippen molar-refractivity contribution in [2.45, 2.75) is 36.6 Å². The van der Waals surface area contributed by atoms with Crippen LogP contribution in [0.15, 0.2) is 65.7 Å². The monoisotopic (exact) mass is 419 g/mol. The van der Waals surface area contributed by atoms with Gasteiger partial charge in [0.1, 0.15) is 0 Å². The maximum absolute atomic E-state index is 13.5. The van der Waals surface area contributed by atoms with Gasteiger partial charge in [-0.25, -0.2) is 4.68 Å². The van der Waals surface area contributed by atoms with Gasteiger partial charge in [0.05, 0.1) is 16.9 Å². The van der Waals surface area contributed by atoms with Crippen molar-refractivity contribution in [3.05, 3.63) is 72.1 Å². The molecular weight excluding hydrogens is 399 g/mol. The molecule has 1 unspecified atom stereocenters. The van der Waals surface area contributed by atoms with Crippen LogP contribution in [0.2, 0.25) is 0 Å². The van der Waals surface area contributed by atoms with E-state index in [1.54, 1.807) is 12.3 Å². The Kier molecular flexibility index (Phi) is 6.32. The third-order valence-corrected chi connectivity index (χ3v) is 5.56. The maximum Gasteiger partial charge on any atom is 0.418 e. The van der Waals surface area contributed by atoms with E-state index in [4.69, 9.17) is 0 Å². The zero-order valence-electron chi connectivity index (χ0n) is 15.9. The van der Waals surface area contributed by atoms with Gasteiger partial charge in [-0.2, -0.15) is 18.3 Å². The number of alkyl halides is 3. The minimum Gasteiger partial charge on any atom is -0.320 e. The van der Waals surface area contributed by atoms with Gasteiger partial charge in [0.15, 0.2) is 5.69 Å². The molecule has 0 fully saturated rings. The summed E-state index contributed by atoms with van der Waals surface area (Å²) < 4.78 is 42.1. The van der Waals surface area contributed by atoms with Crippen molar-refractivity contribution in [2.24, 2.45) is 0 Å². The van der Waals surface area contributed by atoms with E-state index in [1.807, 2.05) is 44.2 Å². The summed E-state index contributed by atoms with van der Waals surface area (Å²) in [6.45, 7) is 3.93. The molecule has 29 heavy (non-hydrogen) atoms. The first-order valence-electron chi connectivity index (χ1n) is 9.08. The summed E-state index contributed by atoms with van der Waals surface area (Å²) in [5.74, 6) is -0.701. The molecule has 4 nitrogen and oxygen atoms in total. The third kappa shape index (κ3) is 5.20. The fraction of sp³-hybridized carbons (Fsp3) is 0.238. The highest BCUT2D eigenvalue weighted by Gasteiger charge is 2.34. The van der Waals surface area contributed by atoms with Gasteiger partial charge in [-0.3, -0.25) is 4.79 Å². The average molecular weight is 419 g/mol. The van der Waals surface area contributed by atoms with Crippen molar-refractivity contribution in [1.29, 1.82) is 0 Å². The molecule has 1 amide bonds. The first-order valence-corrected chi connectivity index (χ1v) is 9.96. The molecule has 0 bridgehead atoms. The van der Waals surface area contributed by atoms with E-state index in [0.717, 1.165) is 18.2 Å². The topological polar surface area (TPSA) is 46.9 Å². The largest absolute Gasteiger partial charge is 0.418 e. The molecule has 0 radical (unpaired) electrons. The summed E-state index contributed by atoms with van der Waals surface area (Å²) in [5, 5.41) is 6.70. The number of thioether (sulfide) groups is 1. The highest BCUT2D eigenvalue weighted by Crippen LogP contribution is 2.38.